The summed E-state index contributed by atoms with van der Waals surface area (Å²) in [5.41, 5.74) is 3.32. The molecule has 86 heavy (non-hydrogen) atoms. The van der Waals surface area contributed by atoms with Gasteiger partial charge in [-0.2, -0.15) is 10.2 Å². The third-order valence-electron chi connectivity index (χ3n) is 16.7. The Kier molecular flexibility index (Phi) is 22.6. The Morgan fingerprint density at radius 2 is 0.698 bits per heavy atom. The Bertz CT molecular complexity index is 2720. The second kappa shape index (κ2) is 29.3. The van der Waals surface area contributed by atoms with Gasteiger partial charge in [-0.3, -0.25) is 28.5 Å². The number of cyclic esters (lactones) is 4. The fourth-order valence-corrected chi connectivity index (χ4v) is 11.6. The highest BCUT2D eigenvalue weighted by Crippen LogP contribution is 2.44. The molecule has 2 unspecified atom stereocenters. The van der Waals surface area contributed by atoms with E-state index in [-0.39, 0.29) is 74.3 Å². The van der Waals surface area contributed by atoms with Crippen LogP contribution in [0.2, 0.25) is 0 Å². The number of aromatic nitrogens is 4. The summed E-state index contributed by atoms with van der Waals surface area (Å²) < 4.78 is 28.4. The maximum absolute atomic E-state index is 15.2. The largest absolute Gasteiger partial charge is 0.451 e. The Labute approximate surface area is 507 Å². The molecule has 3 fully saturated rings. The van der Waals surface area contributed by atoms with E-state index in [4.69, 9.17) is 18.9 Å². The molecule has 0 spiro atoms. The van der Waals surface area contributed by atoms with Crippen LogP contribution in [0.1, 0.15) is 155 Å². The maximum Gasteiger partial charge on any atom is 0.329 e. The van der Waals surface area contributed by atoms with Gasteiger partial charge in [0.25, 0.3) is 23.6 Å². The molecule has 0 radical (unpaired) electrons. The van der Waals surface area contributed by atoms with E-state index in [2.05, 4.69) is 10.2 Å². The molecule has 1 aliphatic heterocycles. The number of benzene rings is 2. The second-order valence-electron chi connectivity index (χ2n) is 25.8. The van der Waals surface area contributed by atoms with Gasteiger partial charge in [-0.25, -0.2) is 19.2 Å². The second-order valence-corrected chi connectivity index (χ2v) is 25.8. The number of carbonyl (C=O) groups excluding carboxylic acids is 8. The van der Waals surface area contributed by atoms with Crippen LogP contribution in [0.25, 0.3) is 0 Å². The Balaban J connectivity index is 1.26. The van der Waals surface area contributed by atoms with E-state index in [1.807, 2.05) is 138 Å². The third-order valence-corrected chi connectivity index (χ3v) is 16.7. The Morgan fingerprint density at radius 3 is 0.953 bits per heavy atom. The average Bonchev–Trinajstić information content (AvgIpc) is 4.54. The number of hydrogen-bond acceptors (Lipinski definition) is 14. The summed E-state index contributed by atoms with van der Waals surface area (Å²) >= 11 is 0. The van der Waals surface area contributed by atoms with Crippen LogP contribution in [0.15, 0.2) is 85.5 Å². The molecule has 2 aromatic carbocycles. The number of likely N-dealkylation sites (N-methyl/N-ethyl adjacent to an activating group) is 4. The first-order chi connectivity index (χ1) is 40.7. The molecule has 0 bridgehead atoms. The van der Waals surface area contributed by atoms with Crippen molar-refractivity contribution < 1.29 is 57.3 Å². The minimum Gasteiger partial charge on any atom is -0.451 e. The number of amides is 4. The molecule has 7 rings (SSSR count). The van der Waals surface area contributed by atoms with E-state index < -0.39 is 96.1 Å². The van der Waals surface area contributed by atoms with Crippen LogP contribution in [0.3, 0.4) is 0 Å². The molecule has 2 aliphatic carbocycles. The molecule has 4 aromatic rings. The van der Waals surface area contributed by atoms with Crippen molar-refractivity contribution in [2.75, 3.05) is 28.2 Å². The molecule has 2 saturated carbocycles. The predicted octanol–water partition coefficient (Wildman–Crippen LogP) is 8.06. The van der Waals surface area contributed by atoms with Crippen molar-refractivity contribution in [3.05, 3.63) is 108 Å². The lowest BCUT2D eigenvalue weighted by Gasteiger charge is -2.35. The smallest absolute Gasteiger partial charge is 0.329 e. The molecule has 4 amide bonds. The minimum atomic E-state index is -1.53. The molecule has 468 valence electrons. The van der Waals surface area contributed by atoms with E-state index in [0.29, 0.717) is 23.0 Å². The molecular weight excluding hydrogens is 1100 g/mol. The molecule has 1 saturated heterocycles. The van der Waals surface area contributed by atoms with Crippen molar-refractivity contribution in [1.29, 1.82) is 0 Å². The van der Waals surface area contributed by atoms with Gasteiger partial charge in [0.1, 0.15) is 24.2 Å². The zero-order valence-electron chi connectivity index (χ0n) is 52.9. The predicted molar refractivity (Wildman–Crippen MR) is 321 cm³/mol. The maximum atomic E-state index is 15.2. The van der Waals surface area contributed by atoms with Gasteiger partial charge in [0, 0.05) is 65.8 Å². The van der Waals surface area contributed by atoms with E-state index in [1.54, 1.807) is 12.4 Å². The fraction of sp³-hybridized carbons (Fsp3) is 0.606. The van der Waals surface area contributed by atoms with E-state index in [0.717, 1.165) is 46.6 Å². The zero-order chi connectivity index (χ0) is 62.8. The van der Waals surface area contributed by atoms with E-state index >= 15 is 9.59 Å². The lowest BCUT2D eigenvalue weighted by atomic mass is 9.98. The number of ether oxygens (including phenoxy) is 4. The molecular formula is C66H92N8O12. The first-order valence-corrected chi connectivity index (χ1v) is 30.8. The number of esters is 4. The summed E-state index contributed by atoms with van der Waals surface area (Å²) in [6, 6.07) is 14.0. The number of nitrogens with zero attached hydrogens (tertiary/aromatic N) is 8. The van der Waals surface area contributed by atoms with Crippen molar-refractivity contribution in [3.63, 3.8) is 0 Å². The van der Waals surface area contributed by atoms with Gasteiger partial charge < -0.3 is 38.5 Å². The van der Waals surface area contributed by atoms with Gasteiger partial charge >= 0.3 is 23.9 Å². The van der Waals surface area contributed by atoms with Crippen LogP contribution >= 0.6 is 0 Å². The fourth-order valence-electron chi connectivity index (χ4n) is 11.6. The number of hydrogen-bond donors (Lipinski definition) is 0. The summed E-state index contributed by atoms with van der Waals surface area (Å²) in [4.78, 5) is 123. The van der Waals surface area contributed by atoms with Crippen LogP contribution in [0, 0.1) is 35.5 Å². The lowest BCUT2D eigenvalue weighted by molar-refractivity contribution is -0.176. The number of carbonyl (C=O) groups is 8. The van der Waals surface area contributed by atoms with Gasteiger partial charge in [-0.1, -0.05) is 104 Å². The quantitative estimate of drug-likeness (QED) is 0.0679. The molecule has 10 atom stereocenters. The summed E-state index contributed by atoms with van der Waals surface area (Å²) in [6.45, 7) is 17.7. The van der Waals surface area contributed by atoms with Crippen molar-refractivity contribution in [2.45, 2.75) is 194 Å². The first kappa shape index (κ1) is 66.2. The summed E-state index contributed by atoms with van der Waals surface area (Å²) in [5.74, 6) is -6.51. The molecule has 3 aliphatic rings. The topological polar surface area (TPSA) is 222 Å². The molecule has 3 heterocycles. The summed E-state index contributed by atoms with van der Waals surface area (Å²) in [6.07, 6.45) is 5.68. The Hall–Kier alpha value is -7.38. The zero-order valence-corrected chi connectivity index (χ0v) is 52.9. The van der Waals surface area contributed by atoms with Gasteiger partial charge in [0.15, 0.2) is 24.4 Å². The lowest BCUT2D eigenvalue weighted by Crippen LogP contribution is -2.55. The highest BCUT2D eigenvalue weighted by atomic mass is 16.6. The third kappa shape index (κ3) is 17.0. The number of rotatable bonds is 18. The van der Waals surface area contributed by atoms with Gasteiger partial charge in [-0.05, 0) is 135 Å². The van der Waals surface area contributed by atoms with Crippen LogP contribution < -0.4 is 0 Å². The summed E-state index contributed by atoms with van der Waals surface area (Å²) in [7, 11) is 5.64. The van der Waals surface area contributed by atoms with Crippen molar-refractivity contribution in [1.82, 2.24) is 39.2 Å². The van der Waals surface area contributed by atoms with Gasteiger partial charge in [-0.15, -0.1) is 0 Å². The van der Waals surface area contributed by atoms with Gasteiger partial charge in [0.05, 0.1) is 12.1 Å². The van der Waals surface area contributed by atoms with Crippen LogP contribution in [0.4, 0.5) is 0 Å². The van der Waals surface area contributed by atoms with Crippen LogP contribution in [-0.2, 0) is 70.1 Å². The SMILES string of the molecule is CC(C)C[C@H]1C(=O)O[C@H](Cc2ccc(C(C3CC3)n3cccn3)cc2)C(=O)N(C)[C@@H](CC(C)C)C(=O)O[C@H](C)C(=O)N(C)[C@@H](CC(C)C)C(=O)O[C@H](Cc2ccc(C(C3CC3)n3cccn3)cc2)C(=O)N(C)[C@@H](CC(C)C)C(=O)O[C@H](C)C(=O)N1C. The first-order valence-electron chi connectivity index (χ1n) is 30.8. The standard InChI is InChI=1S/C66H92N8O12/c1-39(2)33-51-63(79)83-43(9)59(75)69(11)54(36-42(7)8)66(82)86-56(38-46-19-23-48(24-20-46)58(50-27-28-50)74-32-16-30-68-74)62(78)72(14)52(34-40(3)4)64(80)84-44(10)60(76)70(12)53(35-41(5)6)65(81)85-55(61(77)71(51)13)37-45-17-21-47(22-18-45)57(49-25-26-49)73-31-15-29-67-73/h15-24,29-32,39-44,49-58H,25-28,33-38H2,1-14H3/t43-,44-,51+,52+,53+,54+,55-,56-,57?,58?/m1/s1. The van der Waals surface area contributed by atoms with Crippen LogP contribution in [0.5, 0.6) is 0 Å². The highest BCUT2D eigenvalue weighted by Gasteiger charge is 2.44. The molecule has 2 aromatic heterocycles. The van der Waals surface area contributed by atoms with E-state index in [9.17, 15) is 28.8 Å². The molecule has 20 nitrogen and oxygen atoms in total. The monoisotopic (exact) mass is 1190 g/mol. The highest BCUT2D eigenvalue weighted by molar-refractivity contribution is 5.94. The normalized spacial score (nSPS) is 25.0. The Morgan fingerprint density at radius 1 is 0.419 bits per heavy atom. The van der Waals surface area contributed by atoms with Gasteiger partial charge in [0.2, 0.25) is 0 Å². The van der Waals surface area contributed by atoms with Crippen molar-refractivity contribution in [3.8, 4) is 0 Å². The van der Waals surface area contributed by atoms with Crippen molar-refractivity contribution in [2.24, 2.45) is 35.5 Å². The minimum absolute atomic E-state index is 0.00563. The summed E-state index contributed by atoms with van der Waals surface area (Å²) in [5, 5.41) is 9.05. The average molecular weight is 1190 g/mol. The molecule has 20 heteroatoms. The van der Waals surface area contributed by atoms with Crippen molar-refractivity contribution >= 4 is 47.5 Å². The molecule has 0 N–H and O–H groups in total. The van der Waals surface area contributed by atoms with Crippen LogP contribution in [-0.4, -0.2) is 163 Å². The van der Waals surface area contributed by atoms with E-state index in [1.165, 1.54) is 51.8 Å².